The second-order valence-corrected chi connectivity index (χ2v) is 23.6. The molecule has 7 aliphatic rings. The number of anilines is 6. The van der Waals surface area contributed by atoms with E-state index < -0.39 is 0 Å². The largest absolute Gasteiger partial charge is 0.311 e. The van der Waals surface area contributed by atoms with Gasteiger partial charge in [0.05, 0.1) is 5.69 Å². The normalized spacial score (nSPS) is 23.1. The van der Waals surface area contributed by atoms with Gasteiger partial charge < -0.3 is 9.80 Å². The molecule has 2 nitrogen and oxygen atoms in total. The summed E-state index contributed by atoms with van der Waals surface area (Å²) < 4.78 is 0. The van der Waals surface area contributed by atoms with Crippen LogP contribution in [0.3, 0.4) is 0 Å². The minimum absolute atomic E-state index is 0.0276. The number of fused-ring (bicyclic) bond motifs is 12. The fourth-order valence-corrected chi connectivity index (χ4v) is 17.5. The van der Waals surface area contributed by atoms with Gasteiger partial charge in [-0.25, -0.2) is 0 Å². The number of nitrogens with zero attached hydrogens (tertiary/aromatic N) is 2. The molecular weight excluding hydrogens is 916 g/mol. The van der Waals surface area contributed by atoms with E-state index in [-0.39, 0.29) is 12.1 Å². The van der Waals surface area contributed by atoms with Crippen molar-refractivity contribution >= 4 is 57.2 Å². The Bertz CT molecular complexity index is 3930. The lowest BCUT2D eigenvalue weighted by Crippen LogP contribution is -2.67. The Labute approximate surface area is 447 Å². The zero-order valence-corrected chi connectivity index (χ0v) is 43.0. The van der Waals surface area contributed by atoms with Crippen LogP contribution in [0.25, 0.3) is 55.6 Å². The first-order valence-corrected chi connectivity index (χ1v) is 28.2. The fraction of sp³-hybridized carbons (Fsp3) is 0.178. The average molecular weight is 973 g/mol. The van der Waals surface area contributed by atoms with Crippen molar-refractivity contribution in [1.29, 1.82) is 0 Å². The molecule has 5 unspecified atom stereocenters. The maximum absolute atomic E-state index is 2.80. The molecule has 4 saturated carbocycles. The summed E-state index contributed by atoms with van der Waals surface area (Å²) in [5.74, 6) is 2.99. The van der Waals surface area contributed by atoms with Crippen LogP contribution in [0.15, 0.2) is 231 Å². The summed E-state index contributed by atoms with van der Waals surface area (Å²) in [4.78, 5) is 5.44. The van der Waals surface area contributed by atoms with Crippen LogP contribution in [-0.2, 0) is 11.8 Å². The number of benzene rings is 10. The van der Waals surface area contributed by atoms with Crippen molar-refractivity contribution in [2.24, 2.45) is 29.1 Å². The monoisotopic (exact) mass is 972 g/mol. The molecule has 6 atom stereocenters. The van der Waals surface area contributed by atoms with Gasteiger partial charge >= 0.3 is 0 Å². The smallest absolute Gasteiger partial charge is 0.252 e. The van der Waals surface area contributed by atoms with Gasteiger partial charge in [-0.3, -0.25) is 0 Å². The lowest BCUT2D eigenvalue weighted by molar-refractivity contribution is -0.0844. The molecule has 3 aliphatic heterocycles. The molecule has 362 valence electrons. The molecule has 2 spiro atoms. The molecule has 3 heteroatoms. The summed E-state index contributed by atoms with van der Waals surface area (Å²) in [7, 11) is 0. The summed E-state index contributed by atoms with van der Waals surface area (Å²) >= 11 is 0. The average Bonchev–Trinajstić information content (AvgIpc) is 2.20. The third-order valence-corrected chi connectivity index (χ3v) is 20.1. The molecule has 0 radical (unpaired) electrons. The molecule has 0 aromatic heterocycles. The van der Waals surface area contributed by atoms with E-state index in [2.05, 4.69) is 247 Å². The Morgan fingerprint density at radius 2 is 0.921 bits per heavy atom. The van der Waals surface area contributed by atoms with E-state index in [0.717, 1.165) is 18.3 Å². The van der Waals surface area contributed by atoms with Gasteiger partial charge in [-0.2, -0.15) is 0 Å². The van der Waals surface area contributed by atoms with Crippen LogP contribution in [0.2, 0.25) is 0 Å². The van der Waals surface area contributed by atoms with Crippen LogP contribution in [0.4, 0.5) is 34.1 Å². The van der Waals surface area contributed by atoms with Crippen LogP contribution >= 0.6 is 0 Å². The number of aryl methyl sites for hydroxylation is 1. The van der Waals surface area contributed by atoms with Crippen LogP contribution in [0, 0.1) is 29.1 Å². The molecule has 0 N–H and O–H groups in total. The lowest BCUT2D eigenvalue weighted by atomic mass is 9.31. The zero-order chi connectivity index (χ0) is 49.9. The third-order valence-electron chi connectivity index (χ3n) is 20.1. The lowest BCUT2D eigenvalue weighted by Gasteiger charge is -2.68. The highest BCUT2D eigenvalue weighted by Crippen LogP contribution is 2.85. The summed E-state index contributed by atoms with van der Waals surface area (Å²) in [6, 6.07) is 88.8. The molecular formula is C73H57BN2. The van der Waals surface area contributed by atoms with Gasteiger partial charge in [-0.05, 0) is 217 Å². The Hall–Kier alpha value is -8.14. The minimum Gasteiger partial charge on any atom is -0.311 e. The van der Waals surface area contributed by atoms with Crippen LogP contribution in [0.1, 0.15) is 55.7 Å². The summed E-state index contributed by atoms with van der Waals surface area (Å²) in [6.07, 6.45) is 7.99. The quantitative estimate of drug-likeness (QED) is 0.147. The molecule has 10 aromatic carbocycles. The van der Waals surface area contributed by atoms with E-state index in [9.17, 15) is 0 Å². The molecule has 0 amide bonds. The van der Waals surface area contributed by atoms with Gasteiger partial charge in [-0.1, -0.05) is 177 Å². The van der Waals surface area contributed by atoms with Crippen molar-refractivity contribution in [1.82, 2.24) is 0 Å². The molecule has 17 rings (SSSR count). The molecule has 3 bridgehead atoms. The Kier molecular flexibility index (Phi) is 9.05. The van der Waals surface area contributed by atoms with E-state index in [1.165, 1.54) is 144 Å². The molecule has 76 heavy (non-hydrogen) atoms. The highest BCUT2D eigenvalue weighted by Gasteiger charge is 2.79. The molecule has 10 aromatic rings. The van der Waals surface area contributed by atoms with Crippen molar-refractivity contribution in [3.8, 4) is 55.6 Å². The van der Waals surface area contributed by atoms with E-state index >= 15 is 0 Å². The van der Waals surface area contributed by atoms with Gasteiger partial charge in [0.25, 0.3) is 6.71 Å². The first-order valence-electron chi connectivity index (χ1n) is 28.2. The number of hydrogen-bond acceptors (Lipinski definition) is 2. The third kappa shape index (κ3) is 5.84. The van der Waals surface area contributed by atoms with E-state index in [1.54, 1.807) is 11.1 Å². The fourth-order valence-electron chi connectivity index (χ4n) is 17.5. The number of para-hydroxylation sites is 1. The highest BCUT2D eigenvalue weighted by atomic mass is 15.2. The number of rotatable bonds is 7. The first kappa shape index (κ1) is 43.1. The predicted octanol–water partition coefficient (Wildman–Crippen LogP) is 16.7. The van der Waals surface area contributed by atoms with Crippen LogP contribution in [0.5, 0.6) is 0 Å². The van der Waals surface area contributed by atoms with Crippen LogP contribution < -0.4 is 26.2 Å². The van der Waals surface area contributed by atoms with Crippen molar-refractivity contribution in [3.05, 3.63) is 247 Å². The summed E-state index contributed by atoms with van der Waals surface area (Å²) in [6.45, 7) is 2.25. The SMILES string of the molecule is CCc1cccc(N2c3ccc(-c4ccccc4)cc3B3c4cc(-c5ccccc5)cc5c4N(c4ccccc4C54C5CC6C[C@@H]7CC4C5(C6)C7)c4cc(-c5cc(-c6ccccc6)cc(-c6ccccc6)c5)cc2c43)c1. The predicted molar refractivity (Wildman–Crippen MR) is 317 cm³/mol. The topological polar surface area (TPSA) is 6.48 Å². The summed E-state index contributed by atoms with van der Waals surface area (Å²) in [5.41, 5.74) is 29.4. The first-order chi connectivity index (χ1) is 37.6. The number of hydrogen-bond donors (Lipinski definition) is 0. The van der Waals surface area contributed by atoms with Gasteiger partial charge in [-0.15, -0.1) is 0 Å². The maximum atomic E-state index is 2.80. The van der Waals surface area contributed by atoms with Gasteiger partial charge in [0.1, 0.15) is 0 Å². The Morgan fingerprint density at radius 3 is 1.54 bits per heavy atom. The van der Waals surface area contributed by atoms with Crippen molar-refractivity contribution in [2.75, 3.05) is 9.80 Å². The summed E-state index contributed by atoms with van der Waals surface area (Å²) in [5, 5.41) is 0. The molecule has 4 fully saturated rings. The second kappa shape index (κ2) is 15.9. The van der Waals surface area contributed by atoms with Gasteiger partial charge in [0, 0.05) is 33.9 Å². The van der Waals surface area contributed by atoms with Gasteiger partial charge in [0.15, 0.2) is 0 Å². The molecule has 3 heterocycles. The Balaban J connectivity index is 1.01. The maximum Gasteiger partial charge on any atom is 0.252 e. The standard InChI is InChI=1S/C73H57BN2/c1-2-46-18-17-27-59(33-46)75-65-31-30-53(49-19-7-3-8-20-49)40-62(65)74-63-41-57(52-25-13-6-14-26-52)39-61-71(63)76(64-29-16-15-28-60(64)73(61)68-34-47-32-48-35-69(73)72(68,44-47)45-48)67-43-58(42-66(75)70(67)74)56-37-54(50-21-9-4-10-22-50)36-55(38-56)51-23-11-5-12-24-51/h3-31,33,36-43,47-48,68-69H,2,32,34-35,44-45H2,1H3/t47-,48?,68?,69?,72?,73?/m1/s1. The molecule has 0 saturated heterocycles. The van der Waals surface area contributed by atoms with Crippen molar-refractivity contribution < 1.29 is 0 Å². The zero-order valence-electron chi connectivity index (χ0n) is 43.0. The van der Waals surface area contributed by atoms with E-state index in [4.69, 9.17) is 0 Å². The van der Waals surface area contributed by atoms with Gasteiger partial charge in [0.2, 0.25) is 0 Å². The van der Waals surface area contributed by atoms with Crippen molar-refractivity contribution in [2.45, 2.75) is 50.9 Å². The second-order valence-electron chi connectivity index (χ2n) is 23.6. The van der Waals surface area contributed by atoms with Crippen LogP contribution in [-0.4, -0.2) is 6.71 Å². The molecule has 4 aliphatic carbocycles. The highest BCUT2D eigenvalue weighted by molar-refractivity contribution is 7.00. The minimum atomic E-state index is -0.0472. The van der Waals surface area contributed by atoms with Crippen molar-refractivity contribution in [3.63, 3.8) is 0 Å². The van der Waals surface area contributed by atoms with E-state index in [1.807, 2.05) is 0 Å². The Morgan fingerprint density at radius 1 is 0.395 bits per heavy atom. The van der Waals surface area contributed by atoms with E-state index in [0.29, 0.717) is 17.3 Å².